The first-order valence-electron chi connectivity index (χ1n) is 10.3. The van der Waals surface area contributed by atoms with Crippen molar-refractivity contribution >= 4 is 33.7 Å². The van der Waals surface area contributed by atoms with E-state index in [4.69, 9.17) is 0 Å². The zero-order valence-electron chi connectivity index (χ0n) is 15.9. The minimum absolute atomic E-state index is 1.09. The smallest absolute Gasteiger partial charge is 0.00573 e. The van der Waals surface area contributed by atoms with Gasteiger partial charge in [0, 0.05) is 0 Å². The molecule has 0 atom stereocenters. The summed E-state index contributed by atoms with van der Waals surface area (Å²) >= 11 is 0. The largest absolute Gasteiger partial charge is 0.0649 e. The Morgan fingerprint density at radius 1 is 0.500 bits per heavy atom. The molecule has 0 unspecified atom stereocenters. The van der Waals surface area contributed by atoms with Crippen LogP contribution in [0.5, 0.6) is 0 Å². The Kier molecular flexibility index (Phi) is 3.52. The van der Waals surface area contributed by atoms with Crippen molar-refractivity contribution in [3.63, 3.8) is 0 Å². The van der Waals surface area contributed by atoms with E-state index in [2.05, 4.69) is 84.9 Å². The number of rotatable bonds is 3. The Morgan fingerprint density at radius 3 is 1.39 bits per heavy atom. The first-order chi connectivity index (χ1) is 13.8. The number of hydrogen-bond donors (Lipinski definition) is 0. The van der Waals surface area contributed by atoms with E-state index in [1.165, 1.54) is 43.8 Å². The maximum atomic E-state index is 2.44. The molecule has 2 aliphatic carbocycles. The van der Waals surface area contributed by atoms with Gasteiger partial charge in [0.05, 0.1) is 0 Å². The van der Waals surface area contributed by atoms with Gasteiger partial charge in [-0.15, -0.1) is 0 Å². The average Bonchev–Trinajstić information content (AvgIpc) is 2.73. The van der Waals surface area contributed by atoms with Crippen molar-refractivity contribution in [2.45, 2.75) is 25.7 Å². The zero-order chi connectivity index (χ0) is 18.5. The van der Waals surface area contributed by atoms with Gasteiger partial charge in [-0.1, -0.05) is 96.1 Å². The molecule has 134 valence electrons. The molecule has 0 saturated heterocycles. The van der Waals surface area contributed by atoms with Crippen molar-refractivity contribution in [3.05, 3.63) is 106 Å². The van der Waals surface area contributed by atoms with Crippen LogP contribution in [0.15, 0.2) is 83.9 Å². The minimum atomic E-state index is 1.09. The lowest BCUT2D eigenvalue weighted by atomic mass is 9.84. The fraction of sp³-hybridized carbons (Fsp3) is 0.143. The standard InChI is InChI=1S/C28H22/c1-5-21-6-2-10-24-16-19(15-23(9-1)27(21)24)13-14-20-17-25-11-3-7-22-8-4-12-26(18-20)28(22)25/h1-12,15,17H,13-14,16,18H2. The van der Waals surface area contributed by atoms with E-state index in [1.807, 2.05) is 0 Å². The lowest BCUT2D eigenvalue weighted by molar-refractivity contribution is 0.871. The van der Waals surface area contributed by atoms with Crippen molar-refractivity contribution in [2.24, 2.45) is 0 Å². The molecule has 0 amide bonds. The third-order valence-corrected chi connectivity index (χ3v) is 6.37. The molecule has 2 aliphatic rings. The van der Waals surface area contributed by atoms with Crippen molar-refractivity contribution in [2.75, 3.05) is 0 Å². The first-order valence-corrected chi connectivity index (χ1v) is 10.3. The molecule has 28 heavy (non-hydrogen) atoms. The number of allylic oxidation sites excluding steroid dienone is 2. The predicted octanol–water partition coefficient (Wildman–Crippen LogP) is 7.35. The van der Waals surface area contributed by atoms with Crippen LogP contribution in [0.2, 0.25) is 0 Å². The summed E-state index contributed by atoms with van der Waals surface area (Å²) in [6, 6.07) is 26.8. The second-order valence-electron chi connectivity index (χ2n) is 8.18. The second-order valence-corrected chi connectivity index (χ2v) is 8.18. The second kappa shape index (κ2) is 6.21. The Morgan fingerprint density at radius 2 is 0.929 bits per heavy atom. The van der Waals surface area contributed by atoms with Crippen LogP contribution in [0.25, 0.3) is 33.7 Å². The van der Waals surface area contributed by atoms with E-state index in [9.17, 15) is 0 Å². The molecule has 0 bridgehead atoms. The normalized spacial score (nSPS) is 14.9. The molecule has 0 radical (unpaired) electrons. The highest BCUT2D eigenvalue weighted by Crippen LogP contribution is 2.36. The van der Waals surface area contributed by atoms with Gasteiger partial charge in [-0.05, 0) is 69.5 Å². The fourth-order valence-corrected chi connectivity index (χ4v) is 5.11. The molecule has 0 spiro atoms. The zero-order valence-corrected chi connectivity index (χ0v) is 15.9. The maximum Gasteiger partial charge on any atom is -0.00573 e. The van der Waals surface area contributed by atoms with Crippen LogP contribution in [-0.4, -0.2) is 0 Å². The molecule has 0 saturated carbocycles. The topological polar surface area (TPSA) is 0 Å². The third kappa shape index (κ3) is 2.52. The van der Waals surface area contributed by atoms with Crippen molar-refractivity contribution < 1.29 is 0 Å². The summed E-state index contributed by atoms with van der Waals surface area (Å²) in [4.78, 5) is 0. The molecule has 4 aromatic carbocycles. The van der Waals surface area contributed by atoms with Crippen molar-refractivity contribution in [1.82, 2.24) is 0 Å². The van der Waals surface area contributed by atoms with Crippen LogP contribution >= 0.6 is 0 Å². The van der Waals surface area contributed by atoms with Crippen molar-refractivity contribution in [1.29, 1.82) is 0 Å². The van der Waals surface area contributed by atoms with E-state index in [0.29, 0.717) is 0 Å². The van der Waals surface area contributed by atoms with Crippen LogP contribution in [0, 0.1) is 0 Å². The summed E-state index contributed by atoms with van der Waals surface area (Å²) in [7, 11) is 0. The van der Waals surface area contributed by atoms with Gasteiger partial charge in [0.15, 0.2) is 0 Å². The summed E-state index contributed by atoms with van der Waals surface area (Å²) in [5.41, 5.74) is 8.87. The summed E-state index contributed by atoms with van der Waals surface area (Å²) in [5.74, 6) is 0. The highest BCUT2D eigenvalue weighted by atomic mass is 14.2. The van der Waals surface area contributed by atoms with E-state index < -0.39 is 0 Å². The molecule has 0 fully saturated rings. The summed E-state index contributed by atoms with van der Waals surface area (Å²) < 4.78 is 0. The lowest BCUT2D eigenvalue weighted by Crippen LogP contribution is -2.03. The molecule has 4 aromatic rings. The lowest BCUT2D eigenvalue weighted by Gasteiger charge is -2.21. The summed E-state index contributed by atoms with van der Waals surface area (Å²) in [6.07, 6.45) is 9.35. The molecule has 0 aliphatic heterocycles. The van der Waals surface area contributed by atoms with E-state index in [1.54, 1.807) is 11.1 Å². The van der Waals surface area contributed by atoms with Gasteiger partial charge in [-0.3, -0.25) is 0 Å². The third-order valence-electron chi connectivity index (χ3n) is 6.37. The van der Waals surface area contributed by atoms with Gasteiger partial charge >= 0.3 is 0 Å². The molecule has 0 heteroatoms. The number of hydrogen-bond acceptors (Lipinski definition) is 0. The highest BCUT2D eigenvalue weighted by Gasteiger charge is 2.16. The van der Waals surface area contributed by atoms with E-state index >= 15 is 0 Å². The van der Waals surface area contributed by atoms with Gasteiger partial charge in [0.1, 0.15) is 0 Å². The molecular formula is C28H22. The van der Waals surface area contributed by atoms with E-state index in [-0.39, 0.29) is 0 Å². The average molecular weight is 358 g/mol. The van der Waals surface area contributed by atoms with E-state index in [0.717, 1.165) is 25.7 Å². The van der Waals surface area contributed by atoms with Gasteiger partial charge in [0.2, 0.25) is 0 Å². The Hall–Kier alpha value is -3.12. The van der Waals surface area contributed by atoms with Crippen LogP contribution in [0.3, 0.4) is 0 Å². The summed E-state index contributed by atoms with van der Waals surface area (Å²) in [6.45, 7) is 0. The monoisotopic (exact) mass is 358 g/mol. The van der Waals surface area contributed by atoms with Gasteiger partial charge in [-0.25, -0.2) is 0 Å². The van der Waals surface area contributed by atoms with Gasteiger partial charge < -0.3 is 0 Å². The highest BCUT2D eigenvalue weighted by molar-refractivity contribution is 5.96. The molecule has 0 heterocycles. The first kappa shape index (κ1) is 15.9. The predicted molar refractivity (Wildman–Crippen MR) is 120 cm³/mol. The Labute approximate surface area is 165 Å². The maximum absolute atomic E-state index is 2.44. The van der Waals surface area contributed by atoms with Gasteiger partial charge in [-0.2, -0.15) is 0 Å². The SMILES string of the molecule is C1=C(CCC2=Cc3cccc4cccc(c34)C2)Cc2cccc3cccc1c23. The molecule has 0 aromatic heterocycles. The van der Waals surface area contributed by atoms with Crippen LogP contribution < -0.4 is 0 Å². The molecule has 6 rings (SSSR count). The Balaban J connectivity index is 1.30. The molecule has 0 nitrogen and oxygen atoms in total. The summed E-state index contributed by atoms with van der Waals surface area (Å²) in [5, 5.41) is 5.63. The van der Waals surface area contributed by atoms with Crippen LogP contribution in [-0.2, 0) is 12.8 Å². The Bertz CT molecular complexity index is 1190. The number of benzene rings is 4. The molecule has 0 N–H and O–H groups in total. The van der Waals surface area contributed by atoms with Crippen LogP contribution in [0.1, 0.15) is 35.1 Å². The van der Waals surface area contributed by atoms with Crippen molar-refractivity contribution in [3.8, 4) is 0 Å². The van der Waals surface area contributed by atoms with Gasteiger partial charge in [0.25, 0.3) is 0 Å². The quantitative estimate of drug-likeness (QED) is 0.359. The fourth-order valence-electron chi connectivity index (χ4n) is 5.11. The molecular weight excluding hydrogens is 336 g/mol. The minimum Gasteiger partial charge on any atom is -0.0649 e. The van der Waals surface area contributed by atoms with Crippen LogP contribution in [0.4, 0.5) is 0 Å².